The number of amides is 2. The maximum atomic E-state index is 13.5. The molecular formula is C23H26F2N6O. The average Bonchev–Trinajstić information content (AvgIpc) is 3.27. The molecule has 3 N–H and O–H groups in total. The number of halogens is 2. The number of anilines is 3. The molecule has 2 fully saturated rings. The van der Waals surface area contributed by atoms with E-state index in [0.717, 1.165) is 61.2 Å². The lowest BCUT2D eigenvalue weighted by Crippen LogP contribution is -2.63. The van der Waals surface area contributed by atoms with Gasteiger partial charge in [0.15, 0.2) is 5.82 Å². The molecule has 1 aromatic heterocycles. The number of aromatic nitrogens is 1. The summed E-state index contributed by atoms with van der Waals surface area (Å²) < 4.78 is 27.1. The number of amidine groups is 1. The minimum atomic E-state index is -0.733. The molecule has 2 aliphatic heterocycles. The third-order valence-electron chi connectivity index (χ3n) is 6.40. The quantitative estimate of drug-likeness (QED) is 0.637. The van der Waals surface area contributed by atoms with Crippen molar-refractivity contribution in [3.63, 3.8) is 0 Å². The van der Waals surface area contributed by atoms with Gasteiger partial charge in [-0.3, -0.25) is 4.99 Å². The van der Waals surface area contributed by atoms with Crippen LogP contribution in [0.4, 0.5) is 30.8 Å². The summed E-state index contributed by atoms with van der Waals surface area (Å²) in [7, 11) is 0. The van der Waals surface area contributed by atoms with E-state index in [1.807, 2.05) is 12.1 Å². The molecule has 2 amide bonds. The lowest BCUT2D eigenvalue weighted by Gasteiger charge is -2.47. The van der Waals surface area contributed by atoms with E-state index in [4.69, 9.17) is 4.99 Å². The van der Waals surface area contributed by atoms with Crippen LogP contribution in [0.5, 0.6) is 0 Å². The Bertz CT molecular complexity index is 1030. The maximum absolute atomic E-state index is 13.5. The summed E-state index contributed by atoms with van der Waals surface area (Å²) in [6.45, 7) is 0.924. The molecule has 0 radical (unpaired) electrons. The van der Waals surface area contributed by atoms with E-state index in [0.29, 0.717) is 13.1 Å². The van der Waals surface area contributed by atoms with Crippen LogP contribution >= 0.6 is 0 Å². The van der Waals surface area contributed by atoms with E-state index in [2.05, 4.69) is 20.9 Å². The first-order valence-corrected chi connectivity index (χ1v) is 11.1. The third kappa shape index (κ3) is 4.11. The van der Waals surface area contributed by atoms with Crippen LogP contribution in [0, 0.1) is 11.6 Å². The molecule has 5 rings (SSSR count). The number of benzene rings is 1. The van der Waals surface area contributed by atoms with Crippen LogP contribution in [0.15, 0.2) is 41.5 Å². The number of hydrogen-bond donors (Lipinski definition) is 3. The van der Waals surface area contributed by atoms with Crippen LogP contribution < -0.4 is 16.0 Å². The van der Waals surface area contributed by atoms with Crippen molar-refractivity contribution in [2.75, 3.05) is 29.0 Å². The van der Waals surface area contributed by atoms with E-state index >= 15 is 0 Å². The summed E-state index contributed by atoms with van der Waals surface area (Å²) in [6, 6.07) is 6.69. The van der Waals surface area contributed by atoms with Gasteiger partial charge in [-0.15, -0.1) is 0 Å². The van der Waals surface area contributed by atoms with Crippen molar-refractivity contribution in [1.29, 1.82) is 0 Å². The van der Waals surface area contributed by atoms with Crippen LogP contribution in [-0.4, -0.2) is 46.4 Å². The van der Waals surface area contributed by atoms with Crippen molar-refractivity contribution in [2.24, 2.45) is 4.99 Å². The Labute approximate surface area is 185 Å². The Morgan fingerprint density at radius 3 is 2.75 bits per heavy atom. The van der Waals surface area contributed by atoms with Crippen molar-refractivity contribution in [3.05, 3.63) is 48.2 Å². The van der Waals surface area contributed by atoms with Gasteiger partial charge in [-0.1, -0.05) is 12.8 Å². The fraction of sp³-hybridized carbons (Fsp3) is 0.435. The van der Waals surface area contributed by atoms with Gasteiger partial charge < -0.3 is 20.9 Å². The lowest BCUT2D eigenvalue weighted by atomic mass is 9.85. The Morgan fingerprint density at radius 1 is 1.19 bits per heavy atom. The van der Waals surface area contributed by atoms with Crippen molar-refractivity contribution >= 4 is 29.1 Å². The van der Waals surface area contributed by atoms with Gasteiger partial charge in [0.25, 0.3) is 0 Å². The summed E-state index contributed by atoms with van der Waals surface area (Å²) in [4.78, 5) is 24.1. The van der Waals surface area contributed by atoms with Crippen molar-refractivity contribution in [2.45, 2.75) is 50.1 Å². The molecule has 32 heavy (non-hydrogen) atoms. The highest BCUT2D eigenvalue weighted by atomic mass is 19.1. The number of piperidine rings is 1. The normalized spacial score (nSPS) is 24.2. The summed E-state index contributed by atoms with van der Waals surface area (Å²) in [5, 5.41) is 9.66. The van der Waals surface area contributed by atoms with Crippen LogP contribution in [-0.2, 0) is 0 Å². The molecule has 1 unspecified atom stereocenters. The van der Waals surface area contributed by atoms with Gasteiger partial charge in [-0.05, 0) is 49.9 Å². The molecule has 1 aliphatic carbocycles. The molecule has 9 heteroatoms. The van der Waals surface area contributed by atoms with Crippen molar-refractivity contribution < 1.29 is 13.6 Å². The van der Waals surface area contributed by atoms with Crippen LogP contribution in [0.2, 0.25) is 0 Å². The average molecular weight is 440 g/mol. The number of hydrogen-bond acceptors (Lipinski definition) is 4. The number of nitrogens with one attached hydrogen (secondary N) is 3. The number of urea groups is 1. The second-order valence-electron chi connectivity index (χ2n) is 8.76. The van der Waals surface area contributed by atoms with E-state index in [1.165, 1.54) is 12.8 Å². The van der Waals surface area contributed by atoms with E-state index < -0.39 is 23.2 Å². The summed E-state index contributed by atoms with van der Waals surface area (Å²) in [5.41, 5.74) is 0.394. The molecule has 3 aliphatic rings. The molecule has 168 valence electrons. The number of pyridine rings is 1. The second kappa shape index (κ2) is 8.37. The van der Waals surface area contributed by atoms with Gasteiger partial charge in [0.2, 0.25) is 0 Å². The van der Waals surface area contributed by atoms with Crippen LogP contribution in [0.25, 0.3) is 0 Å². The van der Waals surface area contributed by atoms with E-state index in [1.54, 1.807) is 11.1 Å². The number of carbonyl (C=O) groups excluding carboxylic acids is 1. The Kier molecular flexibility index (Phi) is 5.40. The first kappa shape index (κ1) is 20.7. The molecule has 1 spiro atoms. The SMILES string of the molecule is O=C(Nc1cc(F)cc(F)c1)N1CCCC2(C1)Nc1cccnc1NC2=NC1CCCC1. The van der Waals surface area contributed by atoms with Crippen molar-refractivity contribution in [1.82, 2.24) is 9.88 Å². The molecule has 1 saturated carbocycles. The fourth-order valence-corrected chi connectivity index (χ4v) is 4.88. The minimum Gasteiger partial charge on any atom is -0.368 e. The van der Waals surface area contributed by atoms with Gasteiger partial charge in [-0.2, -0.15) is 0 Å². The summed E-state index contributed by atoms with van der Waals surface area (Å²) in [5.74, 6) is 0.0730. The number of likely N-dealkylation sites (tertiary alicyclic amines) is 1. The minimum absolute atomic E-state index is 0.0937. The maximum Gasteiger partial charge on any atom is 0.321 e. The number of fused-ring (bicyclic) bond motifs is 1. The Hall–Kier alpha value is -3.23. The number of carbonyl (C=O) groups is 1. The van der Waals surface area contributed by atoms with Gasteiger partial charge in [-0.25, -0.2) is 18.6 Å². The van der Waals surface area contributed by atoms with Gasteiger partial charge >= 0.3 is 6.03 Å². The first-order valence-electron chi connectivity index (χ1n) is 11.1. The topological polar surface area (TPSA) is 81.7 Å². The van der Waals surface area contributed by atoms with Crippen LogP contribution in [0.1, 0.15) is 38.5 Å². The molecule has 3 heterocycles. The first-order chi connectivity index (χ1) is 15.5. The smallest absolute Gasteiger partial charge is 0.321 e. The Morgan fingerprint density at radius 2 is 1.97 bits per heavy atom. The molecule has 1 atom stereocenters. The molecule has 0 bridgehead atoms. The zero-order valence-electron chi connectivity index (χ0n) is 17.7. The Balaban J connectivity index is 1.41. The van der Waals surface area contributed by atoms with Crippen molar-refractivity contribution in [3.8, 4) is 0 Å². The highest BCUT2D eigenvalue weighted by Gasteiger charge is 2.45. The van der Waals surface area contributed by atoms with Gasteiger partial charge in [0.1, 0.15) is 23.0 Å². The zero-order chi connectivity index (χ0) is 22.1. The highest BCUT2D eigenvalue weighted by Crippen LogP contribution is 2.36. The zero-order valence-corrected chi connectivity index (χ0v) is 17.7. The number of nitrogens with zero attached hydrogens (tertiary/aromatic N) is 3. The van der Waals surface area contributed by atoms with E-state index in [9.17, 15) is 13.6 Å². The predicted molar refractivity (Wildman–Crippen MR) is 120 cm³/mol. The number of rotatable bonds is 2. The highest BCUT2D eigenvalue weighted by molar-refractivity contribution is 6.09. The third-order valence-corrected chi connectivity index (χ3v) is 6.40. The predicted octanol–water partition coefficient (Wildman–Crippen LogP) is 4.61. The second-order valence-corrected chi connectivity index (χ2v) is 8.76. The lowest BCUT2D eigenvalue weighted by molar-refractivity contribution is 0.187. The van der Waals surface area contributed by atoms with E-state index in [-0.39, 0.29) is 11.7 Å². The largest absolute Gasteiger partial charge is 0.368 e. The van der Waals surface area contributed by atoms with Gasteiger partial charge in [0, 0.05) is 24.5 Å². The molecule has 1 saturated heterocycles. The summed E-state index contributed by atoms with van der Waals surface area (Å²) >= 11 is 0. The molecule has 7 nitrogen and oxygen atoms in total. The molecular weight excluding hydrogens is 414 g/mol. The number of aliphatic imine (C=N–C) groups is 1. The fourth-order valence-electron chi connectivity index (χ4n) is 4.88. The monoisotopic (exact) mass is 440 g/mol. The van der Waals surface area contributed by atoms with Gasteiger partial charge in [0.05, 0.1) is 18.3 Å². The molecule has 2 aromatic rings. The standard InChI is InChI=1S/C23H26F2N6O/c24-15-11-16(25)13-18(12-15)28-22(32)31-10-4-8-23(14-31)21(27-17-5-1-2-6-17)29-20-19(30-23)7-3-9-26-20/h3,7,9,11-13,17,30H,1-2,4-6,8,10,14H2,(H,28,32)(H,26,27,29). The summed E-state index contributed by atoms with van der Waals surface area (Å²) in [6.07, 6.45) is 7.77. The molecule has 1 aromatic carbocycles. The van der Waals surface area contributed by atoms with Crippen LogP contribution in [0.3, 0.4) is 0 Å².